The maximum absolute atomic E-state index is 12.2. The maximum atomic E-state index is 12.2. The fourth-order valence-corrected chi connectivity index (χ4v) is 3.73. The smallest absolute Gasteiger partial charge is 0.310 e. The summed E-state index contributed by atoms with van der Waals surface area (Å²) in [6, 6.07) is 0. The van der Waals surface area contributed by atoms with Gasteiger partial charge in [0, 0.05) is 19.3 Å². The quantitative estimate of drug-likeness (QED) is 0.822. The molecule has 0 unspecified atom stereocenters. The first-order valence-electron chi connectivity index (χ1n) is 7.14. The summed E-state index contributed by atoms with van der Waals surface area (Å²) < 4.78 is 28.5. The molecule has 1 aromatic rings. The average molecular weight is 315 g/mol. The van der Waals surface area contributed by atoms with Gasteiger partial charge in [-0.2, -0.15) is 0 Å². The number of carbonyl (C=O) groups is 1. The van der Waals surface area contributed by atoms with Crippen LogP contribution in [0.4, 0.5) is 0 Å². The van der Waals surface area contributed by atoms with E-state index in [9.17, 15) is 18.3 Å². The fourth-order valence-electron chi connectivity index (χ4n) is 2.65. The van der Waals surface area contributed by atoms with E-state index in [-0.39, 0.29) is 11.6 Å². The summed E-state index contributed by atoms with van der Waals surface area (Å²) in [6.45, 7) is 2.43. The molecule has 0 radical (unpaired) electrons. The van der Waals surface area contributed by atoms with E-state index in [1.165, 1.54) is 12.5 Å². The number of aliphatic carboxylic acids is 1. The van der Waals surface area contributed by atoms with Crippen LogP contribution in [0.25, 0.3) is 0 Å². The van der Waals surface area contributed by atoms with Gasteiger partial charge in [0.05, 0.1) is 11.7 Å². The second kappa shape index (κ2) is 6.15. The largest absolute Gasteiger partial charge is 0.481 e. The lowest BCUT2D eigenvalue weighted by Crippen LogP contribution is -2.44. The van der Waals surface area contributed by atoms with E-state index < -0.39 is 21.4 Å². The van der Waals surface area contributed by atoms with Crippen molar-refractivity contribution in [1.82, 2.24) is 14.3 Å². The van der Waals surface area contributed by atoms with Crippen LogP contribution in [-0.2, 0) is 21.4 Å². The normalized spacial score (nSPS) is 18.5. The van der Waals surface area contributed by atoms with E-state index in [4.69, 9.17) is 0 Å². The third-order valence-corrected chi connectivity index (χ3v) is 5.40. The molecule has 0 aromatic carbocycles. The molecule has 1 aromatic heterocycles. The first kappa shape index (κ1) is 16.0. The van der Waals surface area contributed by atoms with Gasteiger partial charge in [0.15, 0.2) is 5.03 Å². The lowest BCUT2D eigenvalue weighted by Gasteiger charge is -2.32. The van der Waals surface area contributed by atoms with E-state index in [0.717, 1.165) is 19.3 Å². The topological polar surface area (TPSA) is 101 Å². The Morgan fingerprint density at radius 3 is 2.62 bits per heavy atom. The van der Waals surface area contributed by atoms with Crippen LogP contribution in [0.1, 0.15) is 39.0 Å². The summed E-state index contributed by atoms with van der Waals surface area (Å²) in [5, 5.41) is 9.37. The number of nitrogens with zero attached hydrogens (tertiary/aromatic N) is 2. The average Bonchev–Trinajstić information content (AvgIpc) is 2.96. The maximum Gasteiger partial charge on any atom is 0.310 e. The highest BCUT2D eigenvalue weighted by Crippen LogP contribution is 2.36. The van der Waals surface area contributed by atoms with Crippen LogP contribution >= 0.6 is 0 Å². The van der Waals surface area contributed by atoms with Crippen LogP contribution in [0.3, 0.4) is 0 Å². The minimum Gasteiger partial charge on any atom is -0.481 e. The lowest BCUT2D eigenvalue weighted by atomic mass is 9.74. The van der Waals surface area contributed by atoms with Crippen LogP contribution in [0.2, 0.25) is 0 Å². The van der Waals surface area contributed by atoms with Gasteiger partial charge in [-0.25, -0.2) is 18.1 Å². The Kier molecular flexibility index (Phi) is 4.67. The number of aromatic nitrogens is 2. The summed E-state index contributed by atoms with van der Waals surface area (Å²) >= 11 is 0. The van der Waals surface area contributed by atoms with Gasteiger partial charge in [-0.1, -0.05) is 19.3 Å². The number of aryl methyl sites for hydroxylation is 1. The number of hydrogen-bond acceptors (Lipinski definition) is 4. The first-order valence-corrected chi connectivity index (χ1v) is 8.63. The van der Waals surface area contributed by atoms with Gasteiger partial charge in [-0.05, 0) is 19.8 Å². The SMILES string of the molecule is CCn1cnc(S(=O)(=O)NCC2(C(=O)O)CCCCC2)c1. The molecule has 118 valence electrons. The van der Waals surface area contributed by atoms with Gasteiger partial charge >= 0.3 is 5.97 Å². The second-order valence-corrected chi connectivity index (χ2v) is 7.23. The standard InChI is InChI=1S/C13H21N3O4S/c1-2-16-8-11(14-10-16)21(19,20)15-9-13(12(17)18)6-4-3-5-7-13/h8,10,15H,2-7,9H2,1H3,(H,17,18). The Bertz CT molecular complexity index is 603. The van der Waals surface area contributed by atoms with Crippen molar-refractivity contribution in [3.63, 3.8) is 0 Å². The number of imidazole rings is 1. The van der Waals surface area contributed by atoms with Crippen LogP contribution in [0, 0.1) is 5.41 Å². The van der Waals surface area contributed by atoms with Crippen molar-refractivity contribution in [2.75, 3.05) is 6.54 Å². The number of carboxylic acids is 1. The zero-order chi connectivity index (χ0) is 15.5. The van der Waals surface area contributed by atoms with E-state index in [2.05, 4.69) is 9.71 Å². The molecule has 2 rings (SSSR count). The molecular weight excluding hydrogens is 294 g/mol. The molecule has 1 aliphatic carbocycles. The van der Waals surface area contributed by atoms with Crippen molar-refractivity contribution in [1.29, 1.82) is 0 Å². The Hall–Kier alpha value is -1.41. The Morgan fingerprint density at radius 2 is 2.10 bits per heavy atom. The summed E-state index contributed by atoms with van der Waals surface area (Å²) in [5.41, 5.74) is -0.987. The summed E-state index contributed by atoms with van der Waals surface area (Å²) in [6.07, 6.45) is 6.54. The van der Waals surface area contributed by atoms with Crippen molar-refractivity contribution in [3.8, 4) is 0 Å². The van der Waals surface area contributed by atoms with Gasteiger partial charge in [0.1, 0.15) is 0 Å². The lowest BCUT2D eigenvalue weighted by molar-refractivity contribution is -0.150. The van der Waals surface area contributed by atoms with Crippen molar-refractivity contribution in [2.45, 2.75) is 50.6 Å². The zero-order valence-electron chi connectivity index (χ0n) is 12.1. The van der Waals surface area contributed by atoms with E-state index in [1.807, 2.05) is 6.92 Å². The van der Waals surface area contributed by atoms with Crippen LogP contribution in [0.15, 0.2) is 17.6 Å². The van der Waals surface area contributed by atoms with Gasteiger partial charge in [0.25, 0.3) is 10.0 Å². The number of nitrogens with one attached hydrogen (secondary N) is 1. The van der Waals surface area contributed by atoms with Crippen molar-refractivity contribution in [3.05, 3.63) is 12.5 Å². The summed E-state index contributed by atoms with van der Waals surface area (Å²) in [4.78, 5) is 15.4. The number of sulfonamides is 1. The third kappa shape index (κ3) is 3.44. The highest BCUT2D eigenvalue weighted by atomic mass is 32.2. The van der Waals surface area contributed by atoms with E-state index >= 15 is 0 Å². The minimum absolute atomic E-state index is 0.0688. The summed E-state index contributed by atoms with van der Waals surface area (Å²) in [5.74, 6) is -0.927. The third-order valence-electron chi connectivity index (χ3n) is 4.11. The van der Waals surface area contributed by atoms with E-state index in [1.54, 1.807) is 4.57 Å². The van der Waals surface area contributed by atoms with E-state index in [0.29, 0.717) is 19.4 Å². The van der Waals surface area contributed by atoms with Crippen molar-refractivity contribution < 1.29 is 18.3 Å². The number of carboxylic acid groups (broad SMARTS) is 1. The van der Waals surface area contributed by atoms with Gasteiger partial charge in [-0.15, -0.1) is 0 Å². The molecule has 0 saturated heterocycles. The van der Waals surface area contributed by atoms with Crippen LogP contribution < -0.4 is 4.72 Å². The molecule has 0 spiro atoms. The molecule has 1 heterocycles. The molecule has 8 heteroatoms. The monoisotopic (exact) mass is 315 g/mol. The summed E-state index contributed by atoms with van der Waals surface area (Å²) in [7, 11) is -3.77. The van der Waals surface area contributed by atoms with Gasteiger partial charge < -0.3 is 9.67 Å². The van der Waals surface area contributed by atoms with Crippen LogP contribution in [0.5, 0.6) is 0 Å². The highest BCUT2D eigenvalue weighted by Gasteiger charge is 2.40. The highest BCUT2D eigenvalue weighted by molar-refractivity contribution is 7.89. The Balaban J connectivity index is 2.11. The Morgan fingerprint density at radius 1 is 1.43 bits per heavy atom. The zero-order valence-corrected chi connectivity index (χ0v) is 12.9. The molecule has 1 aliphatic rings. The molecule has 1 fully saturated rings. The molecule has 0 bridgehead atoms. The van der Waals surface area contributed by atoms with Crippen LogP contribution in [-0.4, -0.2) is 35.6 Å². The molecule has 1 saturated carbocycles. The molecule has 0 atom stereocenters. The second-order valence-electron chi connectivity index (χ2n) is 5.51. The predicted molar refractivity (Wildman–Crippen MR) is 76.2 cm³/mol. The molecule has 21 heavy (non-hydrogen) atoms. The Labute approximate surface area is 124 Å². The predicted octanol–water partition coefficient (Wildman–Crippen LogP) is 1.22. The number of hydrogen-bond donors (Lipinski definition) is 2. The molecule has 0 amide bonds. The number of rotatable bonds is 6. The van der Waals surface area contributed by atoms with Gasteiger partial charge in [-0.3, -0.25) is 4.79 Å². The molecule has 0 aliphatic heterocycles. The van der Waals surface area contributed by atoms with Gasteiger partial charge in [0.2, 0.25) is 0 Å². The molecule has 7 nitrogen and oxygen atoms in total. The fraction of sp³-hybridized carbons (Fsp3) is 0.692. The van der Waals surface area contributed by atoms with Crippen molar-refractivity contribution in [2.24, 2.45) is 5.41 Å². The first-order chi connectivity index (χ1) is 9.89. The molecule has 2 N–H and O–H groups in total. The minimum atomic E-state index is -3.77. The van der Waals surface area contributed by atoms with Crippen molar-refractivity contribution >= 4 is 16.0 Å². The molecular formula is C13H21N3O4S.